The van der Waals surface area contributed by atoms with Gasteiger partial charge in [0.05, 0.1) is 6.54 Å². The summed E-state index contributed by atoms with van der Waals surface area (Å²) in [7, 11) is 1.52. The van der Waals surface area contributed by atoms with Crippen LogP contribution >= 0.6 is 0 Å². The Bertz CT molecular complexity index is 539. The number of rotatable bonds is 5. The molecule has 0 atom stereocenters. The van der Waals surface area contributed by atoms with E-state index in [-0.39, 0.29) is 35.9 Å². The van der Waals surface area contributed by atoms with E-state index in [0.29, 0.717) is 5.56 Å². The van der Waals surface area contributed by atoms with Gasteiger partial charge < -0.3 is 21.2 Å². The number of hydrogen-bond acceptors (Lipinski definition) is 5. The van der Waals surface area contributed by atoms with Crippen LogP contribution in [0.15, 0.2) is 23.5 Å². The van der Waals surface area contributed by atoms with Gasteiger partial charge in [0.1, 0.15) is 5.69 Å². The van der Waals surface area contributed by atoms with Gasteiger partial charge in [-0.3, -0.25) is 14.6 Å². The van der Waals surface area contributed by atoms with E-state index in [1.165, 1.54) is 30.3 Å². The van der Waals surface area contributed by atoms with Crippen molar-refractivity contribution < 1.29 is 14.8 Å². The molecule has 0 radical (unpaired) electrons. The van der Waals surface area contributed by atoms with Gasteiger partial charge >= 0.3 is 0 Å². The Kier molecular flexibility index (Phi) is 5.65. The first kappa shape index (κ1) is 16.4. The van der Waals surface area contributed by atoms with E-state index in [1.807, 2.05) is 13.8 Å². The maximum Gasteiger partial charge on any atom is 0.272 e. The SMILES string of the molecule is CC(C)NC(=O)CN(C)C(=O)c1ccc(C(N)=NO)cn1. The molecule has 8 heteroatoms. The smallest absolute Gasteiger partial charge is 0.272 e. The van der Waals surface area contributed by atoms with E-state index in [2.05, 4.69) is 15.5 Å². The summed E-state index contributed by atoms with van der Waals surface area (Å²) in [5.74, 6) is -0.722. The highest BCUT2D eigenvalue weighted by Gasteiger charge is 2.16. The lowest BCUT2D eigenvalue weighted by Gasteiger charge is -2.17. The number of hydrogen-bond donors (Lipinski definition) is 3. The summed E-state index contributed by atoms with van der Waals surface area (Å²) < 4.78 is 0. The second-order valence-corrected chi connectivity index (χ2v) is 4.80. The van der Waals surface area contributed by atoms with E-state index in [0.717, 1.165) is 0 Å². The topological polar surface area (TPSA) is 121 Å². The van der Waals surface area contributed by atoms with Crippen LogP contribution in [-0.4, -0.2) is 52.4 Å². The fraction of sp³-hybridized carbons (Fsp3) is 0.385. The molecule has 8 nitrogen and oxygen atoms in total. The van der Waals surface area contributed by atoms with Crippen LogP contribution in [0.4, 0.5) is 0 Å². The number of aromatic nitrogens is 1. The van der Waals surface area contributed by atoms with Crippen LogP contribution in [0.5, 0.6) is 0 Å². The average Bonchev–Trinajstić information content (AvgIpc) is 2.44. The first-order chi connectivity index (χ1) is 9.85. The molecule has 0 spiro atoms. The van der Waals surface area contributed by atoms with Gasteiger partial charge in [-0.15, -0.1) is 0 Å². The van der Waals surface area contributed by atoms with Gasteiger partial charge in [0.25, 0.3) is 5.91 Å². The predicted octanol–water partition coefficient (Wildman–Crippen LogP) is -0.227. The first-order valence-corrected chi connectivity index (χ1v) is 6.34. The summed E-state index contributed by atoms with van der Waals surface area (Å²) in [4.78, 5) is 28.9. The van der Waals surface area contributed by atoms with Crippen molar-refractivity contribution in [2.75, 3.05) is 13.6 Å². The van der Waals surface area contributed by atoms with Crippen molar-refractivity contribution in [3.63, 3.8) is 0 Å². The lowest BCUT2D eigenvalue weighted by molar-refractivity contribution is -0.122. The molecular formula is C13H19N5O3. The first-order valence-electron chi connectivity index (χ1n) is 6.34. The highest BCUT2D eigenvalue weighted by Crippen LogP contribution is 2.03. The Balaban J connectivity index is 2.72. The van der Waals surface area contributed by atoms with Crippen LogP contribution in [0.1, 0.15) is 29.9 Å². The molecule has 1 rings (SSSR count). The Morgan fingerprint density at radius 3 is 2.62 bits per heavy atom. The van der Waals surface area contributed by atoms with Crippen molar-refractivity contribution in [3.8, 4) is 0 Å². The monoisotopic (exact) mass is 293 g/mol. The fourth-order valence-corrected chi connectivity index (χ4v) is 1.58. The van der Waals surface area contributed by atoms with E-state index < -0.39 is 0 Å². The molecule has 0 saturated heterocycles. The van der Waals surface area contributed by atoms with Crippen LogP contribution < -0.4 is 11.1 Å². The Labute approximate surface area is 122 Å². The minimum Gasteiger partial charge on any atom is -0.409 e. The quantitative estimate of drug-likeness (QED) is 0.300. The number of carbonyl (C=O) groups is 2. The largest absolute Gasteiger partial charge is 0.409 e. The van der Waals surface area contributed by atoms with Gasteiger partial charge in [-0.2, -0.15) is 0 Å². The summed E-state index contributed by atoms with van der Waals surface area (Å²) in [6, 6.07) is 2.98. The van der Waals surface area contributed by atoms with Gasteiger partial charge in [0, 0.05) is 24.8 Å². The minimum atomic E-state index is -0.389. The molecule has 0 aliphatic heterocycles. The summed E-state index contributed by atoms with van der Waals surface area (Å²) in [6.07, 6.45) is 1.32. The number of carbonyl (C=O) groups excluding carboxylic acids is 2. The van der Waals surface area contributed by atoms with Crippen molar-refractivity contribution >= 4 is 17.6 Å². The Hall–Kier alpha value is -2.64. The van der Waals surface area contributed by atoms with Gasteiger partial charge in [-0.25, -0.2) is 0 Å². The lowest BCUT2D eigenvalue weighted by Crippen LogP contribution is -2.41. The molecule has 0 unspecified atom stereocenters. The number of amidine groups is 1. The van der Waals surface area contributed by atoms with Crippen molar-refractivity contribution in [1.82, 2.24) is 15.2 Å². The molecule has 1 aromatic rings. The second-order valence-electron chi connectivity index (χ2n) is 4.80. The minimum absolute atomic E-state index is 0.0131. The van der Waals surface area contributed by atoms with E-state index >= 15 is 0 Å². The fourth-order valence-electron chi connectivity index (χ4n) is 1.58. The predicted molar refractivity (Wildman–Crippen MR) is 77.0 cm³/mol. The third-order valence-electron chi connectivity index (χ3n) is 2.56. The zero-order chi connectivity index (χ0) is 16.0. The standard InChI is InChI=1S/C13H19N5O3/c1-8(2)16-11(19)7-18(3)13(20)10-5-4-9(6-15-10)12(14)17-21/h4-6,8,21H,7H2,1-3H3,(H2,14,17)(H,16,19). The van der Waals surface area contributed by atoms with Crippen molar-refractivity contribution in [2.45, 2.75) is 19.9 Å². The molecule has 0 aromatic carbocycles. The molecule has 4 N–H and O–H groups in total. The molecule has 0 fully saturated rings. The number of nitrogens with two attached hydrogens (primary N) is 1. The number of nitrogens with zero attached hydrogens (tertiary/aromatic N) is 3. The normalized spacial score (nSPS) is 11.3. The molecule has 1 heterocycles. The molecule has 2 amide bonds. The number of nitrogens with one attached hydrogen (secondary N) is 1. The molecule has 114 valence electrons. The van der Waals surface area contributed by atoms with Crippen LogP contribution in [0, 0.1) is 0 Å². The summed E-state index contributed by atoms with van der Waals surface area (Å²) in [6.45, 7) is 3.63. The van der Waals surface area contributed by atoms with Gasteiger partial charge in [0.2, 0.25) is 5.91 Å². The molecule has 0 bridgehead atoms. The molecule has 0 saturated carbocycles. The van der Waals surface area contributed by atoms with Crippen molar-refractivity contribution in [3.05, 3.63) is 29.6 Å². The maximum absolute atomic E-state index is 12.1. The molecule has 0 aliphatic carbocycles. The maximum atomic E-state index is 12.1. The third-order valence-corrected chi connectivity index (χ3v) is 2.56. The zero-order valence-electron chi connectivity index (χ0n) is 12.2. The second kappa shape index (κ2) is 7.22. The van der Waals surface area contributed by atoms with Gasteiger partial charge in [-0.1, -0.05) is 5.16 Å². The van der Waals surface area contributed by atoms with Crippen molar-refractivity contribution in [2.24, 2.45) is 10.9 Å². The number of pyridine rings is 1. The summed E-state index contributed by atoms with van der Waals surface area (Å²) >= 11 is 0. The van der Waals surface area contributed by atoms with Gasteiger partial charge in [-0.05, 0) is 26.0 Å². The highest BCUT2D eigenvalue weighted by atomic mass is 16.4. The van der Waals surface area contributed by atoms with Crippen molar-refractivity contribution in [1.29, 1.82) is 0 Å². The third kappa shape index (κ3) is 4.75. The van der Waals surface area contributed by atoms with E-state index in [9.17, 15) is 9.59 Å². The number of oxime groups is 1. The average molecular weight is 293 g/mol. The van der Waals surface area contributed by atoms with Crippen LogP contribution in [0.3, 0.4) is 0 Å². The molecular weight excluding hydrogens is 274 g/mol. The zero-order valence-corrected chi connectivity index (χ0v) is 12.2. The molecule has 0 aliphatic rings. The Morgan fingerprint density at radius 1 is 1.48 bits per heavy atom. The van der Waals surface area contributed by atoms with Gasteiger partial charge in [0.15, 0.2) is 5.84 Å². The van der Waals surface area contributed by atoms with E-state index in [1.54, 1.807) is 0 Å². The lowest BCUT2D eigenvalue weighted by atomic mass is 10.2. The highest BCUT2D eigenvalue weighted by molar-refractivity contribution is 5.98. The van der Waals surface area contributed by atoms with Crippen LogP contribution in [0.2, 0.25) is 0 Å². The Morgan fingerprint density at radius 2 is 2.14 bits per heavy atom. The number of likely N-dealkylation sites (N-methyl/N-ethyl adjacent to an activating group) is 1. The molecule has 21 heavy (non-hydrogen) atoms. The van der Waals surface area contributed by atoms with Crippen LogP contribution in [0.25, 0.3) is 0 Å². The number of amides is 2. The summed E-state index contributed by atoms with van der Waals surface area (Å²) in [5, 5.41) is 14.1. The molecule has 1 aromatic heterocycles. The summed E-state index contributed by atoms with van der Waals surface area (Å²) in [5.41, 5.74) is 5.97. The van der Waals surface area contributed by atoms with E-state index in [4.69, 9.17) is 10.9 Å². The van der Waals surface area contributed by atoms with Crippen LogP contribution in [-0.2, 0) is 4.79 Å².